The summed E-state index contributed by atoms with van der Waals surface area (Å²) >= 11 is 6.25. The zero-order valence-corrected chi connectivity index (χ0v) is 8.95. The summed E-state index contributed by atoms with van der Waals surface area (Å²) in [5.41, 5.74) is 0. The Bertz CT molecular complexity index is 59.8. The van der Waals surface area contributed by atoms with Gasteiger partial charge in [-0.1, -0.05) is 12.2 Å². The standard InChI is InChI=1S/C3H7NS2.Na.H2O.H/c1-4-3(5)6-2;;;/h1-2H3,(H,4,5);;1H2;/q;+1;;-1. The van der Waals surface area contributed by atoms with Gasteiger partial charge >= 0.3 is 29.6 Å². The molecule has 3 N–H and O–H groups in total. The first-order chi connectivity index (χ1) is 2.81. The van der Waals surface area contributed by atoms with Crippen molar-refractivity contribution >= 4 is 28.3 Å². The normalized spacial score (nSPS) is 5.75. The Morgan fingerprint density at radius 3 is 2.12 bits per heavy atom. The largest absolute Gasteiger partial charge is 1.00 e. The van der Waals surface area contributed by atoms with Crippen LogP contribution < -0.4 is 34.9 Å². The second-order valence-electron chi connectivity index (χ2n) is 0.742. The zero-order valence-electron chi connectivity index (χ0n) is 6.32. The molecule has 0 radical (unpaired) electrons. The summed E-state index contributed by atoms with van der Waals surface area (Å²) in [6.07, 6.45) is 1.94. The third-order valence-corrected chi connectivity index (χ3v) is 1.67. The molecule has 0 aromatic rings. The molecule has 0 aromatic heterocycles. The van der Waals surface area contributed by atoms with Crippen LogP contribution >= 0.6 is 24.0 Å². The van der Waals surface area contributed by atoms with E-state index in [1.807, 2.05) is 13.3 Å². The molecule has 0 aliphatic rings. The summed E-state index contributed by atoms with van der Waals surface area (Å²) in [4.78, 5) is 0. The molecule has 8 heavy (non-hydrogen) atoms. The maximum atomic E-state index is 4.71. The first-order valence-corrected chi connectivity index (χ1v) is 3.20. The van der Waals surface area contributed by atoms with Crippen molar-refractivity contribution in [3.63, 3.8) is 0 Å². The Labute approximate surface area is 82.9 Å². The van der Waals surface area contributed by atoms with E-state index < -0.39 is 0 Å². The average Bonchev–Trinajstić information content (AvgIpc) is 1.65. The van der Waals surface area contributed by atoms with Crippen LogP contribution in [0.3, 0.4) is 0 Å². The van der Waals surface area contributed by atoms with Gasteiger partial charge < -0.3 is 12.2 Å². The summed E-state index contributed by atoms with van der Waals surface area (Å²) in [6, 6.07) is 0. The van der Waals surface area contributed by atoms with Crippen LogP contribution in [-0.4, -0.2) is 23.1 Å². The maximum absolute atomic E-state index is 4.71. The quantitative estimate of drug-likeness (QED) is 0.309. The number of nitrogens with one attached hydrogen (secondary N) is 1. The number of thioether (sulfide) groups is 1. The van der Waals surface area contributed by atoms with Crippen LogP contribution in [0.4, 0.5) is 0 Å². The Hall–Kier alpha value is 1.20. The van der Waals surface area contributed by atoms with Crippen molar-refractivity contribution in [1.29, 1.82) is 0 Å². The van der Waals surface area contributed by atoms with Crippen LogP contribution in [0.5, 0.6) is 0 Å². The van der Waals surface area contributed by atoms with E-state index in [4.69, 9.17) is 12.2 Å². The summed E-state index contributed by atoms with van der Waals surface area (Å²) in [7, 11) is 1.82. The molecule has 0 unspecified atom stereocenters. The second kappa shape index (κ2) is 11.1. The minimum atomic E-state index is 0. The van der Waals surface area contributed by atoms with Crippen LogP contribution in [-0.2, 0) is 0 Å². The van der Waals surface area contributed by atoms with Crippen molar-refractivity contribution in [3.8, 4) is 0 Å². The van der Waals surface area contributed by atoms with Gasteiger partial charge in [-0.2, -0.15) is 0 Å². The molecule has 0 amide bonds. The molecule has 0 atom stereocenters. The SMILES string of the molecule is CNC(=S)SC.O.[H-].[Na+]. The van der Waals surface area contributed by atoms with E-state index in [9.17, 15) is 0 Å². The fourth-order valence-corrected chi connectivity index (χ4v) is 0.306. The van der Waals surface area contributed by atoms with Crippen LogP contribution in [0.2, 0.25) is 0 Å². The van der Waals surface area contributed by atoms with Crippen LogP contribution in [0.25, 0.3) is 0 Å². The number of hydrogen-bond donors (Lipinski definition) is 1. The summed E-state index contributed by atoms with van der Waals surface area (Å²) < 4.78 is 0.843. The van der Waals surface area contributed by atoms with Crippen molar-refractivity contribution in [3.05, 3.63) is 0 Å². The zero-order chi connectivity index (χ0) is 4.99. The number of hydrogen-bond acceptors (Lipinski definition) is 2. The van der Waals surface area contributed by atoms with Gasteiger partial charge in [0.15, 0.2) is 0 Å². The molecule has 2 nitrogen and oxygen atoms in total. The van der Waals surface area contributed by atoms with E-state index in [0.717, 1.165) is 4.32 Å². The van der Waals surface area contributed by atoms with Crippen molar-refractivity contribution in [2.75, 3.05) is 13.3 Å². The van der Waals surface area contributed by atoms with E-state index in [2.05, 4.69) is 5.32 Å². The molecule has 0 aliphatic carbocycles. The van der Waals surface area contributed by atoms with Crippen LogP contribution in [0.15, 0.2) is 0 Å². The van der Waals surface area contributed by atoms with Crippen molar-refractivity contribution in [2.45, 2.75) is 0 Å². The van der Waals surface area contributed by atoms with Gasteiger partial charge in [0.1, 0.15) is 4.32 Å². The molecule has 0 spiro atoms. The van der Waals surface area contributed by atoms with Crippen LogP contribution in [0.1, 0.15) is 1.43 Å². The molecule has 0 heterocycles. The van der Waals surface area contributed by atoms with Gasteiger partial charge in [0.25, 0.3) is 0 Å². The first kappa shape index (κ1) is 16.1. The molecule has 0 saturated carbocycles. The first-order valence-electron chi connectivity index (χ1n) is 1.57. The Morgan fingerprint density at radius 1 is 1.75 bits per heavy atom. The molecule has 0 fully saturated rings. The number of rotatable bonds is 0. The van der Waals surface area contributed by atoms with E-state index in [1.165, 1.54) is 0 Å². The number of thiocarbonyl (C=S) groups is 1. The van der Waals surface area contributed by atoms with Gasteiger partial charge in [0, 0.05) is 7.05 Å². The molecule has 0 rings (SSSR count). The van der Waals surface area contributed by atoms with E-state index in [1.54, 1.807) is 11.8 Å². The average molecular weight is 163 g/mol. The van der Waals surface area contributed by atoms with Gasteiger partial charge in [0.2, 0.25) is 0 Å². The maximum Gasteiger partial charge on any atom is 1.00 e. The van der Waals surface area contributed by atoms with Gasteiger partial charge in [-0.05, 0) is 6.26 Å². The molecule has 5 heteroatoms. The smallest absolute Gasteiger partial charge is 1.00 e. The minimum absolute atomic E-state index is 0. The van der Waals surface area contributed by atoms with Crippen molar-refractivity contribution < 1.29 is 36.5 Å². The fourth-order valence-electron chi connectivity index (χ4n) is 0.102. The third kappa shape index (κ3) is 10.2. The second-order valence-corrected chi connectivity index (χ2v) is 2.22. The monoisotopic (exact) mass is 163 g/mol. The molecule has 0 saturated heterocycles. The third-order valence-electron chi connectivity index (χ3n) is 0.390. The van der Waals surface area contributed by atoms with Gasteiger partial charge in [0.05, 0.1) is 0 Å². The van der Waals surface area contributed by atoms with E-state index >= 15 is 0 Å². The predicted octanol–water partition coefficient (Wildman–Crippen LogP) is -2.85. The van der Waals surface area contributed by atoms with Crippen molar-refractivity contribution in [2.24, 2.45) is 0 Å². The Morgan fingerprint density at radius 2 is 2.12 bits per heavy atom. The Balaban J connectivity index is -0.0000000417. The molecule has 46 valence electrons. The summed E-state index contributed by atoms with van der Waals surface area (Å²) in [5.74, 6) is 0. The van der Waals surface area contributed by atoms with E-state index in [0.29, 0.717) is 0 Å². The molecule has 0 aromatic carbocycles. The van der Waals surface area contributed by atoms with Gasteiger partial charge in [-0.15, -0.1) is 11.8 Å². The van der Waals surface area contributed by atoms with Crippen LogP contribution in [0, 0.1) is 0 Å². The van der Waals surface area contributed by atoms with E-state index in [-0.39, 0.29) is 36.5 Å². The molecule has 0 bridgehead atoms. The van der Waals surface area contributed by atoms with Gasteiger partial charge in [-0.25, -0.2) is 0 Å². The molecular formula is C3H10NNaOS2. The fraction of sp³-hybridized carbons (Fsp3) is 0.667. The minimum Gasteiger partial charge on any atom is -1.00 e. The van der Waals surface area contributed by atoms with Gasteiger partial charge in [-0.3, -0.25) is 0 Å². The van der Waals surface area contributed by atoms with Crippen molar-refractivity contribution in [1.82, 2.24) is 5.32 Å². The summed E-state index contributed by atoms with van der Waals surface area (Å²) in [5, 5.41) is 2.81. The molecular weight excluding hydrogens is 153 g/mol. The topological polar surface area (TPSA) is 43.5 Å². The summed E-state index contributed by atoms with van der Waals surface area (Å²) in [6.45, 7) is 0. The predicted molar refractivity (Wildman–Crippen MR) is 39.9 cm³/mol. The molecule has 0 aliphatic heterocycles. The Kier molecular flexibility index (Phi) is 22.2.